The molecular weight excluding hydrogens is 451 g/mol. The van der Waals surface area contributed by atoms with Crippen LogP contribution in [0.3, 0.4) is 0 Å². The highest BCUT2D eigenvalue weighted by atomic mass is 35.5. The van der Waals surface area contributed by atoms with Gasteiger partial charge in [-0.05, 0) is 73.8 Å². The highest BCUT2D eigenvalue weighted by Gasteiger charge is 2.25. The lowest BCUT2D eigenvalue weighted by atomic mass is 9.94. The van der Waals surface area contributed by atoms with E-state index in [1.807, 2.05) is 0 Å². The van der Waals surface area contributed by atoms with Gasteiger partial charge in [0.2, 0.25) is 0 Å². The topological polar surface area (TPSA) is 99.1 Å². The molecule has 2 aliphatic rings. The van der Waals surface area contributed by atoms with Gasteiger partial charge in [-0.25, -0.2) is 14.0 Å². The average molecular weight is 477 g/mol. The lowest BCUT2D eigenvalue weighted by Gasteiger charge is -2.34. The van der Waals surface area contributed by atoms with Crippen LogP contribution < -0.4 is 15.0 Å². The molecule has 0 atom stereocenters. The van der Waals surface area contributed by atoms with E-state index < -0.39 is 11.9 Å². The normalized spacial score (nSPS) is 14.9. The van der Waals surface area contributed by atoms with Gasteiger partial charge in [0.15, 0.2) is 0 Å². The van der Waals surface area contributed by atoms with E-state index >= 15 is 0 Å². The third-order valence-electron chi connectivity index (χ3n) is 5.53. The Morgan fingerprint density at radius 2 is 1.88 bits per heavy atom. The second-order valence-electron chi connectivity index (χ2n) is 7.75. The Morgan fingerprint density at radius 3 is 2.58 bits per heavy atom. The SMILES string of the molecule is Cc1c2c(cc3c1N(Cc1cc(Cl)ccc1F)CCO3)CCNCC2.O=C(O)/C=C/C(=O)O. The summed E-state index contributed by atoms with van der Waals surface area (Å²) >= 11 is 6.06. The van der Waals surface area contributed by atoms with E-state index in [4.69, 9.17) is 26.6 Å². The summed E-state index contributed by atoms with van der Waals surface area (Å²) in [5.41, 5.74) is 5.77. The van der Waals surface area contributed by atoms with Crippen LogP contribution in [0.4, 0.5) is 10.1 Å². The number of fused-ring (bicyclic) bond motifs is 2. The maximum atomic E-state index is 14.2. The van der Waals surface area contributed by atoms with Gasteiger partial charge < -0.3 is 25.2 Å². The van der Waals surface area contributed by atoms with Gasteiger partial charge in [0.25, 0.3) is 0 Å². The largest absolute Gasteiger partial charge is 0.490 e. The fourth-order valence-electron chi connectivity index (χ4n) is 4.07. The molecule has 4 rings (SSSR count). The van der Waals surface area contributed by atoms with Crippen molar-refractivity contribution in [1.82, 2.24) is 5.32 Å². The van der Waals surface area contributed by atoms with Gasteiger partial charge in [0, 0.05) is 29.3 Å². The molecule has 0 fully saturated rings. The summed E-state index contributed by atoms with van der Waals surface area (Å²) in [5.74, 6) is -1.80. The zero-order valence-corrected chi connectivity index (χ0v) is 19.0. The molecule has 2 heterocycles. The number of carbonyl (C=O) groups is 2. The smallest absolute Gasteiger partial charge is 0.328 e. The number of rotatable bonds is 4. The monoisotopic (exact) mass is 476 g/mol. The predicted octanol–water partition coefficient (Wildman–Crippen LogP) is 3.59. The molecule has 2 aromatic carbocycles. The van der Waals surface area contributed by atoms with Gasteiger partial charge in [-0.15, -0.1) is 0 Å². The van der Waals surface area contributed by atoms with Gasteiger partial charge in [0.1, 0.15) is 18.2 Å². The molecule has 176 valence electrons. The van der Waals surface area contributed by atoms with Crippen molar-refractivity contribution in [3.8, 4) is 5.75 Å². The molecule has 0 radical (unpaired) electrons. The van der Waals surface area contributed by atoms with Crippen LogP contribution in [0.1, 0.15) is 22.3 Å². The van der Waals surface area contributed by atoms with E-state index in [0.29, 0.717) is 35.9 Å². The number of anilines is 1. The molecule has 0 saturated heterocycles. The maximum Gasteiger partial charge on any atom is 0.328 e. The predicted molar refractivity (Wildman–Crippen MR) is 124 cm³/mol. The number of hydrogen-bond acceptors (Lipinski definition) is 5. The van der Waals surface area contributed by atoms with Crippen LogP contribution in [0, 0.1) is 12.7 Å². The first-order valence-corrected chi connectivity index (χ1v) is 11.0. The average Bonchev–Trinajstić information content (AvgIpc) is 3.01. The molecule has 9 heteroatoms. The number of aliphatic carboxylic acids is 2. The van der Waals surface area contributed by atoms with Gasteiger partial charge in [-0.2, -0.15) is 0 Å². The zero-order valence-electron chi connectivity index (χ0n) is 18.2. The molecule has 2 aromatic rings. The molecule has 0 amide bonds. The number of benzene rings is 2. The molecule has 7 nitrogen and oxygen atoms in total. The summed E-state index contributed by atoms with van der Waals surface area (Å²) in [7, 11) is 0. The Hall–Kier alpha value is -3.10. The Kier molecular flexibility index (Phi) is 8.30. The van der Waals surface area contributed by atoms with Crippen molar-refractivity contribution in [2.24, 2.45) is 0 Å². The maximum absolute atomic E-state index is 14.2. The van der Waals surface area contributed by atoms with Crippen LogP contribution in [0.15, 0.2) is 36.4 Å². The van der Waals surface area contributed by atoms with Gasteiger partial charge >= 0.3 is 11.9 Å². The van der Waals surface area contributed by atoms with Gasteiger partial charge in [-0.1, -0.05) is 11.6 Å². The molecule has 0 saturated carbocycles. The van der Waals surface area contributed by atoms with Crippen molar-refractivity contribution in [2.45, 2.75) is 26.3 Å². The summed E-state index contributed by atoms with van der Waals surface area (Å²) in [6.07, 6.45) is 3.16. The van der Waals surface area contributed by atoms with E-state index in [0.717, 1.165) is 43.9 Å². The molecule has 33 heavy (non-hydrogen) atoms. The number of hydrogen-bond donors (Lipinski definition) is 3. The third-order valence-corrected chi connectivity index (χ3v) is 5.76. The Morgan fingerprint density at radius 1 is 1.18 bits per heavy atom. The van der Waals surface area contributed by atoms with E-state index in [9.17, 15) is 14.0 Å². The van der Waals surface area contributed by atoms with Crippen LogP contribution in [-0.4, -0.2) is 48.4 Å². The molecule has 0 spiro atoms. The molecule has 0 unspecified atom stereocenters. The van der Waals surface area contributed by atoms with Crippen molar-refractivity contribution >= 4 is 29.2 Å². The van der Waals surface area contributed by atoms with E-state index in [-0.39, 0.29) is 5.82 Å². The molecule has 0 aliphatic carbocycles. The Balaban J connectivity index is 0.000000331. The molecule has 3 N–H and O–H groups in total. The minimum Gasteiger partial charge on any atom is -0.490 e. The quantitative estimate of drug-likeness (QED) is 0.580. The van der Waals surface area contributed by atoms with Crippen LogP contribution in [0.5, 0.6) is 5.75 Å². The lowest BCUT2D eigenvalue weighted by Crippen LogP contribution is -2.33. The fourth-order valence-corrected chi connectivity index (χ4v) is 4.26. The summed E-state index contributed by atoms with van der Waals surface area (Å²) < 4.78 is 20.2. The summed E-state index contributed by atoms with van der Waals surface area (Å²) in [6.45, 7) is 6.03. The van der Waals surface area contributed by atoms with Crippen molar-refractivity contribution in [2.75, 3.05) is 31.1 Å². The van der Waals surface area contributed by atoms with E-state index in [1.165, 1.54) is 22.8 Å². The first-order valence-electron chi connectivity index (χ1n) is 10.6. The van der Waals surface area contributed by atoms with E-state index in [1.54, 1.807) is 12.1 Å². The molecule has 2 aliphatic heterocycles. The summed E-state index contributed by atoms with van der Waals surface area (Å²) in [4.78, 5) is 21.3. The number of carboxylic acids is 2. The number of nitrogens with one attached hydrogen (secondary N) is 1. The third kappa shape index (κ3) is 6.46. The van der Waals surface area contributed by atoms with Crippen LogP contribution in [0.2, 0.25) is 5.02 Å². The number of carboxylic acid groups (broad SMARTS) is 2. The van der Waals surface area contributed by atoms with Crippen LogP contribution in [-0.2, 0) is 29.0 Å². The van der Waals surface area contributed by atoms with Gasteiger partial charge in [-0.3, -0.25) is 0 Å². The first kappa shape index (κ1) is 24.5. The lowest BCUT2D eigenvalue weighted by molar-refractivity contribution is -0.134. The Labute approximate surface area is 196 Å². The highest BCUT2D eigenvalue weighted by molar-refractivity contribution is 6.30. The second kappa shape index (κ2) is 11.2. The van der Waals surface area contributed by atoms with Crippen molar-refractivity contribution < 1.29 is 28.9 Å². The van der Waals surface area contributed by atoms with Crippen molar-refractivity contribution in [3.63, 3.8) is 0 Å². The van der Waals surface area contributed by atoms with Crippen LogP contribution >= 0.6 is 11.6 Å². The zero-order chi connectivity index (χ0) is 24.0. The van der Waals surface area contributed by atoms with Crippen LogP contribution in [0.25, 0.3) is 0 Å². The van der Waals surface area contributed by atoms with E-state index in [2.05, 4.69) is 23.2 Å². The highest BCUT2D eigenvalue weighted by Crippen LogP contribution is 2.40. The molecule has 0 bridgehead atoms. The fraction of sp³-hybridized carbons (Fsp3) is 0.333. The summed E-state index contributed by atoms with van der Waals surface area (Å²) in [5, 5.41) is 19.6. The number of ether oxygens (including phenoxy) is 1. The first-order chi connectivity index (χ1) is 15.8. The minimum atomic E-state index is -1.26. The standard InChI is InChI=1S/C20H22ClFN2O.C4H4O4/c1-13-17-5-7-23-6-4-14(17)11-19-20(13)24(8-9-25-19)12-15-10-16(21)2-3-18(15)22;5-3(6)1-2-4(7)8/h2-3,10-11,23H,4-9,12H2,1H3;1-2H,(H,5,6)(H,7,8)/b;2-1+. The number of halogens is 2. The number of nitrogens with zero attached hydrogens (tertiary/aromatic N) is 1. The van der Waals surface area contributed by atoms with Gasteiger partial charge in [0.05, 0.1) is 12.2 Å². The second-order valence-corrected chi connectivity index (χ2v) is 8.19. The molecule has 0 aromatic heterocycles. The van der Waals surface area contributed by atoms with Crippen molar-refractivity contribution in [1.29, 1.82) is 0 Å². The van der Waals surface area contributed by atoms with Crippen molar-refractivity contribution in [3.05, 3.63) is 69.5 Å². The minimum absolute atomic E-state index is 0.214. The molecular formula is C24H26ClFN2O5. The Bertz CT molecular complexity index is 1060. The summed E-state index contributed by atoms with van der Waals surface area (Å²) in [6, 6.07) is 6.93.